The first-order valence-corrected chi connectivity index (χ1v) is 9.90. The molecule has 1 heterocycles. The first-order chi connectivity index (χ1) is 13.0. The Bertz CT molecular complexity index is 456. The molecule has 0 radical (unpaired) electrons. The van der Waals surface area contributed by atoms with E-state index in [1.165, 1.54) is 11.3 Å². The minimum Gasteiger partial charge on any atom is -0.370 e. The van der Waals surface area contributed by atoms with Gasteiger partial charge in [-0.15, -0.1) is 24.5 Å². The maximum atomic E-state index is 11.4. The SMILES string of the molecule is C/C=C/CC.C=C.C=O.CC.CC.Cc1csc(C(=O)NCCC(N)=O)c1. The fourth-order valence-electron chi connectivity index (χ4n) is 1.17. The van der Waals surface area contributed by atoms with Crippen LogP contribution in [0.4, 0.5) is 0 Å². The van der Waals surface area contributed by atoms with Gasteiger partial charge in [-0.1, -0.05) is 46.8 Å². The minimum atomic E-state index is -0.410. The van der Waals surface area contributed by atoms with Gasteiger partial charge in [0.05, 0.1) is 4.88 Å². The van der Waals surface area contributed by atoms with Crippen molar-refractivity contribution in [3.05, 3.63) is 47.2 Å². The number of carbonyl (C=O) groups is 3. The van der Waals surface area contributed by atoms with Gasteiger partial charge in [-0.2, -0.15) is 0 Å². The average Bonchev–Trinajstić information content (AvgIpc) is 3.15. The van der Waals surface area contributed by atoms with Gasteiger partial charge >= 0.3 is 0 Å². The molecule has 158 valence electrons. The van der Waals surface area contributed by atoms with E-state index < -0.39 is 5.91 Å². The van der Waals surface area contributed by atoms with Gasteiger partial charge in [-0.3, -0.25) is 9.59 Å². The summed E-state index contributed by atoms with van der Waals surface area (Å²) in [6.45, 7) is 22.4. The van der Waals surface area contributed by atoms with E-state index in [1.54, 1.807) is 0 Å². The number of primary amides is 1. The molecule has 1 aromatic rings. The lowest BCUT2D eigenvalue weighted by atomic mass is 10.3. The lowest BCUT2D eigenvalue weighted by Gasteiger charge is -2.00. The molecule has 0 saturated carbocycles. The number of allylic oxidation sites excluding steroid dienone is 2. The third-order valence-electron chi connectivity index (χ3n) is 2.08. The smallest absolute Gasteiger partial charge is 0.261 e. The highest BCUT2D eigenvalue weighted by Crippen LogP contribution is 2.12. The molecule has 0 aliphatic carbocycles. The molecule has 27 heavy (non-hydrogen) atoms. The van der Waals surface area contributed by atoms with Crippen molar-refractivity contribution >= 4 is 29.9 Å². The summed E-state index contributed by atoms with van der Waals surface area (Å²) < 4.78 is 0. The lowest BCUT2D eigenvalue weighted by molar-refractivity contribution is -0.117. The molecule has 0 atom stereocenters. The Labute approximate surface area is 170 Å². The van der Waals surface area contributed by atoms with E-state index in [0.29, 0.717) is 11.4 Å². The van der Waals surface area contributed by atoms with Crippen molar-refractivity contribution in [3.8, 4) is 0 Å². The molecule has 0 bridgehead atoms. The molecular formula is C21H40N2O3S. The quantitative estimate of drug-likeness (QED) is 0.657. The first kappa shape index (κ1) is 35.8. The molecule has 6 heteroatoms. The summed E-state index contributed by atoms with van der Waals surface area (Å²) in [5, 5.41) is 4.52. The van der Waals surface area contributed by atoms with Crippen LogP contribution in [0.3, 0.4) is 0 Å². The van der Waals surface area contributed by atoms with Gasteiger partial charge < -0.3 is 15.8 Å². The van der Waals surface area contributed by atoms with E-state index in [2.05, 4.69) is 37.6 Å². The predicted octanol–water partition coefficient (Wildman–Crippen LogP) is 5.30. The molecule has 0 saturated heterocycles. The molecule has 1 rings (SSSR count). The summed E-state index contributed by atoms with van der Waals surface area (Å²) in [5.74, 6) is -0.558. The normalized spacial score (nSPS) is 7.67. The third kappa shape index (κ3) is 32.0. The molecule has 2 amide bonds. The lowest BCUT2D eigenvalue weighted by Crippen LogP contribution is -2.27. The van der Waals surface area contributed by atoms with Crippen LogP contribution in [0, 0.1) is 6.92 Å². The van der Waals surface area contributed by atoms with Crippen LogP contribution < -0.4 is 11.1 Å². The molecule has 0 aromatic carbocycles. The van der Waals surface area contributed by atoms with Gasteiger partial charge in [-0.05, 0) is 37.3 Å². The zero-order valence-corrected chi connectivity index (χ0v) is 19.1. The van der Waals surface area contributed by atoms with Crippen molar-refractivity contribution in [3.63, 3.8) is 0 Å². The van der Waals surface area contributed by atoms with Crippen LogP contribution in [0.25, 0.3) is 0 Å². The van der Waals surface area contributed by atoms with Gasteiger partial charge in [-0.25, -0.2) is 0 Å². The summed E-state index contributed by atoms with van der Waals surface area (Å²) in [5.41, 5.74) is 6.00. The number of thiophene rings is 1. The summed E-state index contributed by atoms with van der Waals surface area (Å²) in [7, 11) is 0. The summed E-state index contributed by atoms with van der Waals surface area (Å²) in [4.78, 5) is 30.4. The number of rotatable bonds is 5. The average molecular weight is 401 g/mol. The molecule has 0 aliphatic rings. The third-order valence-corrected chi connectivity index (χ3v) is 3.13. The summed E-state index contributed by atoms with van der Waals surface area (Å²) >= 11 is 1.39. The van der Waals surface area contributed by atoms with E-state index in [-0.39, 0.29) is 12.3 Å². The molecular weight excluding hydrogens is 360 g/mol. The Hall–Kier alpha value is -2.21. The van der Waals surface area contributed by atoms with Crippen LogP contribution in [-0.2, 0) is 9.59 Å². The van der Waals surface area contributed by atoms with E-state index in [1.807, 2.05) is 59.8 Å². The number of amides is 2. The topological polar surface area (TPSA) is 89.3 Å². The Kier molecular flexibility index (Phi) is 46.4. The summed E-state index contributed by atoms with van der Waals surface area (Å²) in [6.07, 6.45) is 5.52. The van der Waals surface area contributed by atoms with E-state index in [9.17, 15) is 9.59 Å². The number of nitrogens with two attached hydrogens (primary N) is 1. The van der Waals surface area contributed by atoms with Crippen LogP contribution in [0.15, 0.2) is 36.8 Å². The Balaban J connectivity index is -0.000000104. The van der Waals surface area contributed by atoms with E-state index in [4.69, 9.17) is 10.5 Å². The minimum absolute atomic E-state index is 0.149. The molecule has 0 aliphatic heterocycles. The molecule has 0 fully saturated rings. The Morgan fingerprint density at radius 1 is 1.19 bits per heavy atom. The second-order valence-corrected chi connectivity index (χ2v) is 4.85. The fourth-order valence-corrected chi connectivity index (χ4v) is 1.99. The molecule has 0 spiro atoms. The number of nitrogens with one attached hydrogen (secondary N) is 1. The van der Waals surface area contributed by atoms with Crippen molar-refractivity contribution < 1.29 is 14.4 Å². The van der Waals surface area contributed by atoms with Crippen LogP contribution in [0.5, 0.6) is 0 Å². The van der Waals surface area contributed by atoms with Crippen molar-refractivity contribution in [2.24, 2.45) is 5.73 Å². The van der Waals surface area contributed by atoms with Gasteiger partial charge in [0.2, 0.25) is 5.91 Å². The molecule has 3 N–H and O–H groups in total. The largest absolute Gasteiger partial charge is 0.370 e. The number of hydrogen-bond donors (Lipinski definition) is 2. The zero-order chi connectivity index (χ0) is 22.7. The fraction of sp³-hybridized carbons (Fsp3) is 0.476. The highest BCUT2D eigenvalue weighted by molar-refractivity contribution is 7.12. The number of aryl methyl sites for hydroxylation is 1. The maximum Gasteiger partial charge on any atom is 0.261 e. The van der Waals surface area contributed by atoms with Crippen LogP contribution in [0.2, 0.25) is 0 Å². The number of carbonyl (C=O) groups excluding carboxylic acids is 3. The van der Waals surface area contributed by atoms with Gasteiger partial charge in [0.1, 0.15) is 6.79 Å². The number of hydrogen-bond acceptors (Lipinski definition) is 4. The van der Waals surface area contributed by atoms with Crippen molar-refractivity contribution in [2.45, 2.75) is 61.3 Å². The van der Waals surface area contributed by atoms with Gasteiger partial charge in [0.15, 0.2) is 0 Å². The van der Waals surface area contributed by atoms with Crippen molar-refractivity contribution in [2.75, 3.05) is 6.54 Å². The molecule has 0 unspecified atom stereocenters. The standard InChI is InChI=1S/C9H12N2O2S.C5H10.2C2H6.C2H4.CH2O/c1-6-4-7(14-5-6)9(13)11-3-2-8(10)12;1-3-5-4-2;4*1-2/h4-5H,2-3H2,1H3,(H2,10,12)(H,11,13);3,5H,4H2,1-2H3;2*1-2H3;1-2H2;1H2/b;5-3+;;;;. The predicted molar refractivity (Wildman–Crippen MR) is 121 cm³/mol. The van der Waals surface area contributed by atoms with E-state index >= 15 is 0 Å². The van der Waals surface area contributed by atoms with Gasteiger partial charge in [0, 0.05) is 13.0 Å². The monoisotopic (exact) mass is 400 g/mol. The Morgan fingerprint density at radius 3 is 1.93 bits per heavy atom. The van der Waals surface area contributed by atoms with Crippen LogP contribution in [-0.4, -0.2) is 25.1 Å². The van der Waals surface area contributed by atoms with Crippen molar-refractivity contribution in [1.82, 2.24) is 5.32 Å². The van der Waals surface area contributed by atoms with Crippen molar-refractivity contribution in [1.29, 1.82) is 0 Å². The second kappa shape index (κ2) is 35.0. The summed E-state index contributed by atoms with van der Waals surface area (Å²) in [6, 6.07) is 1.81. The molecule has 1 aromatic heterocycles. The zero-order valence-electron chi connectivity index (χ0n) is 18.3. The first-order valence-electron chi connectivity index (χ1n) is 9.02. The van der Waals surface area contributed by atoms with Crippen LogP contribution in [0.1, 0.15) is 69.6 Å². The highest BCUT2D eigenvalue weighted by atomic mass is 32.1. The van der Waals surface area contributed by atoms with E-state index in [0.717, 1.165) is 12.0 Å². The van der Waals surface area contributed by atoms with Gasteiger partial charge in [0.25, 0.3) is 5.91 Å². The highest BCUT2D eigenvalue weighted by Gasteiger charge is 2.06. The van der Waals surface area contributed by atoms with Crippen LogP contribution >= 0.6 is 11.3 Å². The second-order valence-electron chi connectivity index (χ2n) is 3.94. The maximum absolute atomic E-state index is 11.4. The molecule has 5 nitrogen and oxygen atoms in total. The Morgan fingerprint density at radius 2 is 1.67 bits per heavy atom.